The van der Waals surface area contributed by atoms with Crippen molar-refractivity contribution in [3.8, 4) is 5.75 Å². The average Bonchev–Trinajstić information content (AvgIpc) is 2.55. The summed E-state index contributed by atoms with van der Waals surface area (Å²) in [5.74, 6) is 7.13. The van der Waals surface area contributed by atoms with E-state index >= 15 is 0 Å². The van der Waals surface area contributed by atoms with E-state index in [2.05, 4.69) is 47.7 Å². The molecule has 0 saturated heterocycles. The first kappa shape index (κ1) is 14.4. The molecule has 3 aromatic rings. The molecule has 2 aromatic carbocycles. The number of fused-ring (bicyclic) bond motifs is 1. The van der Waals surface area contributed by atoms with Gasteiger partial charge in [-0.25, -0.2) is 10.8 Å². The number of aromatic nitrogens is 1. The summed E-state index contributed by atoms with van der Waals surface area (Å²) >= 11 is 0. The van der Waals surface area contributed by atoms with Crippen molar-refractivity contribution in [3.63, 3.8) is 0 Å². The lowest BCUT2D eigenvalue weighted by Crippen LogP contribution is -2.11. The van der Waals surface area contributed by atoms with Crippen LogP contribution in [-0.2, 0) is 6.42 Å². The maximum absolute atomic E-state index is 5.65. The second kappa shape index (κ2) is 6.03. The topological polar surface area (TPSA) is 60.2 Å². The molecule has 0 aliphatic carbocycles. The zero-order valence-corrected chi connectivity index (χ0v) is 12.8. The van der Waals surface area contributed by atoms with E-state index in [1.54, 1.807) is 7.11 Å². The minimum Gasteiger partial charge on any atom is -0.497 e. The number of hydrogen-bond acceptors (Lipinski definition) is 4. The number of nitrogen functional groups attached to an aromatic ring is 1. The van der Waals surface area contributed by atoms with Crippen LogP contribution >= 0.6 is 0 Å². The lowest BCUT2D eigenvalue weighted by atomic mass is 10.0. The Labute approximate surface area is 129 Å². The molecule has 4 heteroatoms. The summed E-state index contributed by atoms with van der Waals surface area (Å²) in [6, 6.07) is 16.5. The van der Waals surface area contributed by atoms with E-state index in [4.69, 9.17) is 10.6 Å². The van der Waals surface area contributed by atoms with Gasteiger partial charge >= 0.3 is 0 Å². The Hall–Kier alpha value is -2.59. The average molecular weight is 293 g/mol. The lowest BCUT2D eigenvalue weighted by Gasteiger charge is -2.11. The fourth-order valence-electron chi connectivity index (χ4n) is 2.50. The van der Waals surface area contributed by atoms with Crippen LogP contribution in [0.2, 0.25) is 0 Å². The van der Waals surface area contributed by atoms with Crippen molar-refractivity contribution in [2.24, 2.45) is 5.84 Å². The van der Waals surface area contributed by atoms with Crippen LogP contribution < -0.4 is 16.0 Å². The number of hydrazine groups is 1. The molecule has 4 nitrogen and oxygen atoms in total. The third-order valence-corrected chi connectivity index (χ3v) is 3.76. The van der Waals surface area contributed by atoms with Gasteiger partial charge in [-0.3, -0.25) is 0 Å². The third-order valence-electron chi connectivity index (χ3n) is 3.76. The third kappa shape index (κ3) is 2.87. The molecule has 0 aliphatic rings. The maximum Gasteiger partial charge on any atom is 0.144 e. The van der Waals surface area contributed by atoms with Crippen LogP contribution in [0.25, 0.3) is 10.9 Å². The van der Waals surface area contributed by atoms with Crippen LogP contribution in [-0.4, -0.2) is 12.1 Å². The normalized spacial score (nSPS) is 10.7. The van der Waals surface area contributed by atoms with Crippen LogP contribution in [0, 0.1) is 6.92 Å². The quantitative estimate of drug-likeness (QED) is 0.571. The van der Waals surface area contributed by atoms with Crippen LogP contribution in [0.5, 0.6) is 5.75 Å². The van der Waals surface area contributed by atoms with Crippen LogP contribution in [0.3, 0.4) is 0 Å². The zero-order valence-electron chi connectivity index (χ0n) is 12.8. The van der Waals surface area contributed by atoms with E-state index < -0.39 is 0 Å². The maximum atomic E-state index is 5.65. The molecule has 0 amide bonds. The number of aryl methyl sites for hydroxylation is 1. The lowest BCUT2D eigenvalue weighted by molar-refractivity contribution is 0.415. The number of nitrogens with two attached hydrogens (primary N) is 1. The Morgan fingerprint density at radius 2 is 1.86 bits per heavy atom. The summed E-state index contributed by atoms with van der Waals surface area (Å²) in [6.45, 7) is 2.08. The molecule has 0 radical (unpaired) electrons. The summed E-state index contributed by atoms with van der Waals surface area (Å²) < 4.78 is 5.24. The van der Waals surface area contributed by atoms with Gasteiger partial charge in [0.2, 0.25) is 0 Å². The van der Waals surface area contributed by atoms with E-state index in [9.17, 15) is 0 Å². The monoisotopic (exact) mass is 293 g/mol. The van der Waals surface area contributed by atoms with Crippen molar-refractivity contribution < 1.29 is 4.74 Å². The number of methoxy groups -OCH3 is 1. The van der Waals surface area contributed by atoms with E-state index in [-0.39, 0.29) is 0 Å². The Balaban J connectivity index is 2.02. The molecule has 22 heavy (non-hydrogen) atoms. The predicted molar refractivity (Wildman–Crippen MR) is 90.1 cm³/mol. The van der Waals surface area contributed by atoms with Gasteiger partial charge in [0.05, 0.1) is 12.6 Å². The summed E-state index contributed by atoms with van der Waals surface area (Å²) in [6.07, 6.45) is 0.786. The van der Waals surface area contributed by atoms with Gasteiger partial charge in [0.1, 0.15) is 11.6 Å². The SMILES string of the molecule is COc1ccc2cc(Cc3ccc(C)cc3)c(NN)nc2c1. The highest BCUT2D eigenvalue weighted by Crippen LogP contribution is 2.25. The molecule has 0 aliphatic heterocycles. The van der Waals surface area contributed by atoms with Gasteiger partial charge in [-0.15, -0.1) is 0 Å². The molecule has 3 rings (SSSR count). The van der Waals surface area contributed by atoms with E-state index in [0.29, 0.717) is 5.82 Å². The van der Waals surface area contributed by atoms with E-state index in [0.717, 1.165) is 28.6 Å². The first-order valence-electron chi connectivity index (χ1n) is 7.19. The molecule has 0 saturated carbocycles. The highest BCUT2D eigenvalue weighted by molar-refractivity contribution is 5.83. The van der Waals surface area contributed by atoms with Crippen molar-refractivity contribution in [2.75, 3.05) is 12.5 Å². The molecule has 0 unspecified atom stereocenters. The number of hydrogen-bond donors (Lipinski definition) is 2. The molecule has 3 N–H and O–H groups in total. The van der Waals surface area contributed by atoms with Crippen molar-refractivity contribution in [1.29, 1.82) is 0 Å². The highest BCUT2D eigenvalue weighted by Gasteiger charge is 2.08. The summed E-state index contributed by atoms with van der Waals surface area (Å²) in [5, 5.41) is 1.07. The molecule has 1 heterocycles. The number of pyridine rings is 1. The fourth-order valence-corrected chi connectivity index (χ4v) is 2.50. The molecule has 112 valence electrons. The fraction of sp³-hybridized carbons (Fsp3) is 0.167. The summed E-state index contributed by atoms with van der Waals surface area (Å²) in [7, 11) is 1.65. The zero-order chi connectivity index (χ0) is 15.5. The number of ether oxygens (including phenoxy) is 1. The highest BCUT2D eigenvalue weighted by atomic mass is 16.5. The second-order valence-corrected chi connectivity index (χ2v) is 5.36. The van der Waals surface area contributed by atoms with Crippen molar-refractivity contribution in [3.05, 3.63) is 65.2 Å². The molecule has 0 bridgehead atoms. The number of nitrogens with one attached hydrogen (secondary N) is 1. The van der Waals surface area contributed by atoms with Gasteiger partial charge in [-0.1, -0.05) is 29.8 Å². The van der Waals surface area contributed by atoms with Crippen LogP contribution in [0.15, 0.2) is 48.5 Å². The first-order chi connectivity index (χ1) is 10.7. The number of rotatable bonds is 4. The van der Waals surface area contributed by atoms with E-state index in [1.807, 2.05) is 18.2 Å². The van der Waals surface area contributed by atoms with Crippen molar-refractivity contribution in [1.82, 2.24) is 4.98 Å². The van der Waals surface area contributed by atoms with Crippen LogP contribution in [0.1, 0.15) is 16.7 Å². The Morgan fingerprint density at radius 3 is 2.55 bits per heavy atom. The van der Waals surface area contributed by atoms with E-state index in [1.165, 1.54) is 11.1 Å². The Morgan fingerprint density at radius 1 is 1.09 bits per heavy atom. The molecular formula is C18H19N3O. The number of benzene rings is 2. The molecule has 0 atom stereocenters. The molecular weight excluding hydrogens is 274 g/mol. The molecule has 0 fully saturated rings. The van der Waals surface area contributed by atoms with Gasteiger partial charge in [0.15, 0.2) is 0 Å². The minimum atomic E-state index is 0.696. The van der Waals surface area contributed by atoms with Crippen molar-refractivity contribution >= 4 is 16.7 Å². The Kier molecular flexibility index (Phi) is 3.94. The van der Waals surface area contributed by atoms with Crippen molar-refractivity contribution in [2.45, 2.75) is 13.3 Å². The van der Waals surface area contributed by atoms with Crippen LogP contribution in [0.4, 0.5) is 5.82 Å². The predicted octanol–water partition coefficient (Wildman–Crippen LogP) is 3.43. The van der Waals surface area contributed by atoms with Gasteiger partial charge in [-0.2, -0.15) is 0 Å². The second-order valence-electron chi connectivity index (χ2n) is 5.36. The van der Waals surface area contributed by atoms with Gasteiger partial charge in [0, 0.05) is 23.4 Å². The molecule has 1 aromatic heterocycles. The van der Waals surface area contributed by atoms with Gasteiger partial charge in [0.25, 0.3) is 0 Å². The number of nitrogens with zero attached hydrogens (tertiary/aromatic N) is 1. The smallest absolute Gasteiger partial charge is 0.144 e. The first-order valence-corrected chi connectivity index (χ1v) is 7.19. The molecule has 0 spiro atoms. The van der Waals surface area contributed by atoms with Gasteiger partial charge < -0.3 is 10.2 Å². The Bertz CT molecular complexity index is 797. The minimum absolute atomic E-state index is 0.696. The number of anilines is 1. The summed E-state index contributed by atoms with van der Waals surface area (Å²) in [5.41, 5.74) is 7.13. The van der Waals surface area contributed by atoms with Gasteiger partial charge in [-0.05, 0) is 30.7 Å². The largest absolute Gasteiger partial charge is 0.497 e. The summed E-state index contributed by atoms with van der Waals surface area (Å²) in [4.78, 5) is 4.60. The standard InChI is InChI=1S/C18H19N3O/c1-12-3-5-13(6-4-12)9-15-10-14-7-8-16(22-2)11-17(14)20-18(15)21-19/h3-8,10-11H,9,19H2,1-2H3,(H,20,21).